The molecule has 2 aromatic rings. The molecule has 3 nitrogen and oxygen atoms in total. The van der Waals surface area contributed by atoms with Crippen LogP contribution in [0, 0.1) is 0 Å². The lowest BCUT2D eigenvalue weighted by atomic mass is 10.0. The topological polar surface area (TPSA) is 38.3 Å². The Morgan fingerprint density at radius 3 is 2.46 bits per heavy atom. The number of nitrogens with one attached hydrogen (secondary N) is 1. The van der Waals surface area contributed by atoms with Gasteiger partial charge in [-0.25, -0.2) is 0 Å². The van der Waals surface area contributed by atoms with Gasteiger partial charge in [-0.2, -0.15) is 8.78 Å². The van der Waals surface area contributed by atoms with Crippen LogP contribution in [-0.4, -0.2) is 12.5 Å². The third-order valence-corrected chi connectivity index (χ3v) is 3.39. The standard InChI is InChI=1S/C19H19F2NO2/c1-13(2)15-8-4-5-9-16(15)22-18(23)12-11-14-7-3-6-10-17(14)24-19(20)21/h3-13,19H,1-2H3,(H,22,23)/b12-11+. The highest BCUT2D eigenvalue weighted by Gasteiger charge is 2.09. The van der Waals surface area contributed by atoms with E-state index in [1.807, 2.05) is 38.1 Å². The molecule has 0 aliphatic carbocycles. The zero-order valence-electron chi connectivity index (χ0n) is 13.5. The number of benzene rings is 2. The van der Waals surface area contributed by atoms with Gasteiger partial charge in [0.05, 0.1) is 0 Å². The van der Waals surface area contributed by atoms with Crippen molar-refractivity contribution in [3.63, 3.8) is 0 Å². The summed E-state index contributed by atoms with van der Waals surface area (Å²) in [6, 6.07) is 13.8. The van der Waals surface area contributed by atoms with Crippen LogP contribution in [0.1, 0.15) is 30.9 Å². The summed E-state index contributed by atoms with van der Waals surface area (Å²) in [5, 5.41) is 2.81. The number of hydrogen-bond acceptors (Lipinski definition) is 2. The number of carbonyl (C=O) groups is 1. The van der Waals surface area contributed by atoms with E-state index in [4.69, 9.17) is 0 Å². The highest BCUT2D eigenvalue weighted by atomic mass is 19.3. The fourth-order valence-corrected chi connectivity index (χ4v) is 2.28. The molecule has 0 saturated heterocycles. The zero-order chi connectivity index (χ0) is 17.5. The molecule has 0 saturated carbocycles. The van der Waals surface area contributed by atoms with Gasteiger partial charge in [0.2, 0.25) is 5.91 Å². The Morgan fingerprint density at radius 2 is 1.75 bits per heavy atom. The van der Waals surface area contributed by atoms with Crippen molar-refractivity contribution in [3.05, 3.63) is 65.7 Å². The van der Waals surface area contributed by atoms with E-state index in [0.717, 1.165) is 11.3 Å². The molecule has 1 N–H and O–H groups in total. The Labute approximate surface area is 140 Å². The molecule has 0 heterocycles. The SMILES string of the molecule is CC(C)c1ccccc1NC(=O)/C=C/c1ccccc1OC(F)F. The van der Waals surface area contributed by atoms with E-state index < -0.39 is 6.61 Å². The lowest BCUT2D eigenvalue weighted by Crippen LogP contribution is -2.10. The van der Waals surface area contributed by atoms with Crippen molar-refractivity contribution in [3.8, 4) is 5.75 Å². The lowest BCUT2D eigenvalue weighted by molar-refractivity contribution is -0.111. The molecule has 0 aromatic heterocycles. The molecule has 0 aliphatic heterocycles. The quantitative estimate of drug-likeness (QED) is 0.751. The predicted molar refractivity (Wildman–Crippen MR) is 91.3 cm³/mol. The van der Waals surface area contributed by atoms with Gasteiger partial charge in [-0.1, -0.05) is 50.2 Å². The summed E-state index contributed by atoms with van der Waals surface area (Å²) in [7, 11) is 0. The Kier molecular flexibility index (Phi) is 6.07. The molecule has 0 radical (unpaired) electrons. The number of ether oxygens (including phenoxy) is 1. The normalized spacial score (nSPS) is 11.2. The van der Waals surface area contributed by atoms with Gasteiger partial charge in [-0.05, 0) is 29.7 Å². The van der Waals surface area contributed by atoms with E-state index in [9.17, 15) is 13.6 Å². The van der Waals surface area contributed by atoms with Crippen molar-refractivity contribution in [1.82, 2.24) is 0 Å². The molecule has 5 heteroatoms. The molecule has 0 unspecified atom stereocenters. The molecule has 2 aromatic carbocycles. The fourth-order valence-electron chi connectivity index (χ4n) is 2.28. The van der Waals surface area contributed by atoms with Gasteiger partial charge in [0.1, 0.15) is 5.75 Å². The van der Waals surface area contributed by atoms with Crippen molar-refractivity contribution in [2.75, 3.05) is 5.32 Å². The summed E-state index contributed by atoms with van der Waals surface area (Å²) in [4.78, 5) is 12.1. The number of amides is 1. The van der Waals surface area contributed by atoms with Gasteiger partial charge in [0, 0.05) is 17.3 Å². The number of rotatable bonds is 6. The maximum atomic E-state index is 12.4. The first-order valence-electron chi connectivity index (χ1n) is 7.59. The summed E-state index contributed by atoms with van der Waals surface area (Å²) < 4.78 is 29.2. The third kappa shape index (κ3) is 4.91. The van der Waals surface area contributed by atoms with Crippen molar-refractivity contribution < 1.29 is 18.3 Å². The predicted octanol–water partition coefficient (Wildman–Crippen LogP) is 5.06. The molecular weight excluding hydrogens is 312 g/mol. The molecule has 0 fully saturated rings. The Morgan fingerprint density at radius 1 is 1.08 bits per heavy atom. The van der Waals surface area contributed by atoms with Crippen molar-refractivity contribution in [2.24, 2.45) is 0 Å². The summed E-state index contributed by atoms with van der Waals surface area (Å²) in [5.41, 5.74) is 2.17. The first-order valence-corrected chi connectivity index (χ1v) is 7.59. The van der Waals surface area contributed by atoms with E-state index in [-0.39, 0.29) is 17.6 Å². The Bertz CT molecular complexity index is 727. The summed E-state index contributed by atoms with van der Waals surface area (Å²) in [6.07, 6.45) is 2.75. The highest BCUT2D eigenvalue weighted by Crippen LogP contribution is 2.24. The fraction of sp³-hybridized carbons (Fsp3) is 0.211. The van der Waals surface area contributed by atoms with Gasteiger partial charge < -0.3 is 10.1 Å². The molecule has 24 heavy (non-hydrogen) atoms. The summed E-state index contributed by atoms with van der Waals surface area (Å²) >= 11 is 0. The van der Waals surface area contributed by atoms with Gasteiger partial charge in [-0.3, -0.25) is 4.79 Å². The largest absolute Gasteiger partial charge is 0.434 e. The second-order valence-electron chi connectivity index (χ2n) is 5.48. The molecule has 2 rings (SSSR count). The monoisotopic (exact) mass is 331 g/mol. The van der Waals surface area contributed by atoms with E-state index >= 15 is 0 Å². The van der Waals surface area contributed by atoms with Crippen LogP contribution in [0.4, 0.5) is 14.5 Å². The van der Waals surface area contributed by atoms with E-state index in [0.29, 0.717) is 5.56 Å². The molecule has 0 atom stereocenters. The molecule has 0 spiro atoms. The first-order chi connectivity index (χ1) is 11.5. The van der Waals surface area contributed by atoms with Gasteiger partial charge >= 0.3 is 6.61 Å². The van der Waals surface area contributed by atoms with Crippen LogP contribution < -0.4 is 10.1 Å². The van der Waals surface area contributed by atoms with Crippen LogP contribution in [0.15, 0.2) is 54.6 Å². The lowest BCUT2D eigenvalue weighted by Gasteiger charge is -2.12. The highest BCUT2D eigenvalue weighted by molar-refractivity contribution is 6.02. The minimum atomic E-state index is -2.91. The van der Waals surface area contributed by atoms with E-state index in [1.165, 1.54) is 18.2 Å². The van der Waals surface area contributed by atoms with Gasteiger partial charge in [0.25, 0.3) is 0 Å². The van der Waals surface area contributed by atoms with Crippen LogP contribution in [0.5, 0.6) is 5.75 Å². The van der Waals surface area contributed by atoms with E-state index in [1.54, 1.807) is 18.2 Å². The third-order valence-electron chi connectivity index (χ3n) is 3.39. The number of hydrogen-bond donors (Lipinski definition) is 1. The number of anilines is 1. The van der Waals surface area contributed by atoms with Crippen LogP contribution >= 0.6 is 0 Å². The molecule has 1 amide bonds. The van der Waals surface area contributed by atoms with E-state index in [2.05, 4.69) is 10.1 Å². The smallest absolute Gasteiger partial charge is 0.387 e. The summed E-state index contributed by atoms with van der Waals surface area (Å²) in [6.45, 7) is 1.17. The number of para-hydroxylation sites is 2. The average Bonchev–Trinajstić information content (AvgIpc) is 2.54. The van der Waals surface area contributed by atoms with Gasteiger partial charge in [-0.15, -0.1) is 0 Å². The second kappa shape index (κ2) is 8.24. The first kappa shape index (κ1) is 17.7. The maximum Gasteiger partial charge on any atom is 0.387 e. The second-order valence-corrected chi connectivity index (χ2v) is 5.48. The number of halogens is 2. The maximum absolute atomic E-state index is 12.4. The molecule has 126 valence electrons. The Hall–Kier alpha value is -2.69. The van der Waals surface area contributed by atoms with Crippen molar-refractivity contribution >= 4 is 17.7 Å². The summed E-state index contributed by atoms with van der Waals surface area (Å²) in [5.74, 6) is -0.0419. The molecular formula is C19H19F2NO2. The molecule has 0 aliphatic rings. The zero-order valence-corrected chi connectivity index (χ0v) is 13.5. The van der Waals surface area contributed by atoms with Crippen molar-refractivity contribution in [1.29, 1.82) is 0 Å². The van der Waals surface area contributed by atoms with Gasteiger partial charge in [0.15, 0.2) is 0 Å². The van der Waals surface area contributed by atoms with Crippen molar-refractivity contribution in [2.45, 2.75) is 26.4 Å². The average molecular weight is 331 g/mol. The van der Waals surface area contributed by atoms with Crippen LogP contribution in [0.2, 0.25) is 0 Å². The van der Waals surface area contributed by atoms with Crippen LogP contribution in [0.3, 0.4) is 0 Å². The number of alkyl halides is 2. The number of carbonyl (C=O) groups excluding carboxylic acids is 1. The Balaban J connectivity index is 2.12. The minimum Gasteiger partial charge on any atom is -0.434 e. The van der Waals surface area contributed by atoms with Crippen LogP contribution in [-0.2, 0) is 4.79 Å². The molecule has 0 bridgehead atoms. The van der Waals surface area contributed by atoms with Crippen LogP contribution in [0.25, 0.3) is 6.08 Å². The minimum absolute atomic E-state index is 0.0270.